The van der Waals surface area contributed by atoms with Crippen molar-refractivity contribution in [3.05, 3.63) is 80.9 Å². The third-order valence-corrected chi connectivity index (χ3v) is 4.64. The van der Waals surface area contributed by atoms with Crippen molar-refractivity contribution in [3.8, 4) is 0 Å². The van der Waals surface area contributed by atoms with Gasteiger partial charge in [-0.25, -0.2) is 0 Å². The molecule has 2 rings (SSSR count). The maximum atomic E-state index is 2.38. The lowest BCUT2D eigenvalue weighted by atomic mass is 10.2. The fourth-order valence-corrected chi connectivity index (χ4v) is 2.37. The van der Waals surface area contributed by atoms with Crippen LogP contribution in [-0.2, 0) is 0 Å². The van der Waals surface area contributed by atoms with E-state index in [0.717, 1.165) is 5.92 Å². The minimum absolute atomic E-state index is 0.833. The normalized spacial score (nSPS) is 9.67. The topological polar surface area (TPSA) is 0 Å². The largest absolute Gasteiger partial charge is 0.0683 e. The van der Waals surface area contributed by atoms with Crippen LogP contribution < -0.4 is 0 Å². The van der Waals surface area contributed by atoms with E-state index < -0.39 is 0 Å². The van der Waals surface area contributed by atoms with Gasteiger partial charge in [-0.1, -0.05) is 101 Å². The van der Waals surface area contributed by atoms with E-state index in [1.165, 1.54) is 23.9 Å². The first kappa shape index (κ1) is 28.6. The molecule has 0 nitrogen and oxygen atoms in total. The molecule has 27 heavy (non-hydrogen) atoms. The Labute approximate surface area is 195 Å². The highest BCUT2D eigenvalue weighted by Crippen LogP contribution is 2.24. The van der Waals surface area contributed by atoms with Gasteiger partial charge in [-0.2, -0.15) is 0 Å². The van der Waals surface area contributed by atoms with Crippen LogP contribution in [0.2, 0.25) is 0 Å². The molecule has 0 heterocycles. The van der Waals surface area contributed by atoms with Crippen molar-refractivity contribution in [2.24, 2.45) is 5.92 Å². The fraction of sp³-hybridized carbons (Fsp3) is 0.360. The molecule has 0 saturated heterocycles. The van der Waals surface area contributed by atoms with Crippen LogP contribution in [0, 0.1) is 5.92 Å². The van der Waals surface area contributed by atoms with Gasteiger partial charge in [0.2, 0.25) is 0 Å². The van der Waals surface area contributed by atoms with Gasteiger partial charge in [-0.05, 0) is 92.7 Å². The summed E-state index contributed by atoms with van der Waals surface area (Å²) in [5.41, 5.74) is 3.96. The van der Waals surface area contributed by atoms with E-state index >= 15 is 0 Å². The lowest BCUT2D eigenvalue weighted by Crippen LogP contribution is -1.76. The van der Waals surface area contributed by atoms with Crippen LogP contribution in [0.25, 0.3) is 9.66 Å². The summed E-state index contributed by atoms with van der Waals surface area (Å²) < 4.78 is 2.66. The van der Waals surface area contributed by atoms with Crippen LogP contribution >= 0.6 is 45.2 Å². The van der Waals surface area contributed by atoms with E-state index in [-0.39, 0.29) is 0 Å². The number of rotatable bonds is 2. The summed E-state index contributed by atoms with van der Waals surface area (Å²) in [6.45, 7) is 16.9. The van der Waals surface area contributed by atoms with Gasteiger partial charge in [-0.15, -0.1) is 0 Å². The van der Waals surface area contributed by atoms with E-state index in [0.29, 0.717) is 0 Å². The molecule has 2 aromatic carbocycles. The van der Waals surface area contributed by atoms with Gasteiger partial charge >= 0.3 is 0 Å². The molecule has 0 amide bonds. The van der Waals surface area contributed by atoms with E-state index in [1.54, 1.807) is 0 Å². The molecule has 150 valence electrons. The van der Waals surface area contributed by atoms with Crippen LogP contribution in [0.4, 0.5) is 0 Å². The lowest BCUT2D eigenvalue weighted by Gasteiger charge is -2.00. The summed E-state index contributed by atoms with van der Waals surface area (Å²) in [4.78, 5) is 0. The van der Waals surface area contributed by atoms with Crippen molar-refractivity contribution in [2.75, 3.05) is 0 Å². The molecule has 0 N–H and O–H groups in total. The van der Waals surface area contributed by atoms with Crippen molar-refractivity contribution < 1.29 is 0 Å². The number of halogens is 2. The predicted molar refractivity (Wildman–Crippen MR) is 145 cm³/mol. The second-order valence-corrected chi connectivity index (χ2v) is 9.33. The van der Waals surface area contributed by atoms with Gasteiger partial charge in [0.15, 0.2) is 0 Å². The standard InChI is InChI=1S/C10H11I.C9H9I.C4H10.C2H6/c1-8(2)10(11)9-6-4-3-5-7-9;1-8(10)7-9-5-3-2-4-6-9;1-4(2)3;1-2/h3-7H,1-2H3;2-7H,1H3;4H,1-3H3;1-2H3/b;8-7-;;. The summed E-state index contributed by atoms with van der Waals surface area (Å²) in [6.07, 6.45) is 2.15. The van der Waals surface area contributed by atoms with Gasteiger partial charge in [-0.3, -0.25) is 0 Å². The van der Waals surface area contributed by atoms with E-state index in [9.17, 15) is 0 Å². The molecule has 2 aromatic rings. The van der Waals surface area contributed by atoms with Crippen LogP contribution in [0.5, 0.6) is 0 Å². The summed E-state index contributed by atoms with van der Waals surface area (Å²) >= 11 is 4.68. The molecule has 0 saturated carbocycles. The Kier molecular flexibility index (Phi) is 19.8. The molecule has 0 aliphatic rings. The zero-order valence-electron chi connectivity index (χ0n) is 18.2. The molecule has 0 aromatic heterocycles. The van der Waals surface area contributed by atoms with Crippen molar-refractivity contribution in [2.45, 2.75) is 55.4 Å². The predicted octanol–water partition coefficient (Wildman–Crippen LogP) is 10.0. The first-order valence-corrected chi connectivity index (χ1v) is 11.7. The summed E-state index contributed by atoms with van der Waals surface area (Å²) in [6, 6.07) is 20.8. The maximum absolute atomic E-state index is 2.38. The van der Waals surface area contributed by atoms with Crippen molar-refractivity contribution in [1.82, 2.24) is 0 Å². The molecule has 0 bridgehead atoms. The highest BCUT2D eigenvalue weighted by molar-refractivity contribution is 14.1. The highest BCUT2D eigenvalue weighted by Gasteiger charge is 1.95. The van der Waals surface area contributed by atoms with Gasteiger partial charge in [0.1, 0.15) is 0 Å². The zero-order chi connectivity index (χ0) is 21.2. The van der Waals surface area contributed by atoms with Crippen LogP contribution in [0.3, 0.4) is 0 Å². The fourth-order valence-electron chi connectivity index (χ4n) is 1.65. The average Bonchev–Trinajstić information content (AvgIpc) is 2.64. The molecule has 0 aliphatic carbocycles. The van der Waals surface area contributed by atoms with Crippen LogP contribution in [0.15, 0.2) is 69.8 Å². The molecule has 0 atom stereocenters. The van der Waals surface area contributed by atoms with Gasteiger partial charge in [0, 0.05) is 3.58 Å². The van der Waals surface area contributed by atoms with Crippen molar-refractivity contribution in [1.29, 1.82) is 0 Å². The van der Waals surface area contributed by atoms with Gasteiger partial charge in [0.05, 0.1) is 0 Å². The van der Waals surface area contributed by atoms with Crippen LogP contribution in [0.1, 0.15) is 66.5 Å². The van der Waals surface area contributed by atoms with Crippen molar-refractivity contribution >= 4 is 54.8 Å². The van der Waals surface area contributed by atoms with Crippen molar-refractivity contribution in [3.63, 3.8) is 0 Å². The Morgan fingerprint density at radius 2 is 1.11 bits per heavy atom. The van der Waals surface area contributed by atoms with Gasteiger partial charge in [0.25, 0.3) is 0 Å². The number of hydrogen-bond acceptors (Lipinski definition) is 0. The summed E-state index contributed by atoms with van der Waals surface area (Å²) in [5.74, 6) is 0.833. The SMILES string of the molecule is C/C(I)=C/c1ccccc1.CC.CC(C)=C(I)c1ccccc1.CC(C)C. The quantitative estimate of drug-likeness (QED) is 0.306. The molecule has 0 unspecified atom stereocenters. The molecular weight excluding hydrogens is 554 g/mol. The van der Waals surface area contributed by atoms with E-state index in [1.807, 2.05) is 38.1 Å². The highest BCUT2D eigenvalue weighted by atomic mass is 127. The Morgan fingerprint density at radius 1 is 0.741 bits per heavy atom. The van der Waals surface area contributed by atoms with E-state index in [4.69, 9.17) is 0 Å². The first-order chi connectivity index (χ1) is 12.7. The van der Waals surface area contributed by atoms with E-state index in [2.05, 4.69) is 129 Å². The monoisotopic (exact) mass is 590 g/mol. The Balaban J connectivity index is 0. The van der Waals surface area contributed by atoms with Gasteiger partial charge < -0.3 is 0 Å². The summed E-state index contributed by atoms with van der Waals surface area (Å²) in [5, 5.41) is 0. The lowest BCUT2D eigenvalue weighted by molar-refractivity contribution is 0.737. The third-order valence-electron chi connectivity index (χ3n) is 2.63. The maximum Gasteiger partial charge on any atom is 0.0189 e. The molecule has 0 spiro atoms. The smallest absolute Gasteiger partial charge is 0.0189 e. The molecule has 2 heteroatoms. The first-order valence-electron chi connectivity index (χ1n) is 9.51. The number of hydrogen-bond donors (Lipinski definition) is 0. The second kappa shape index (κ2) is 18.7. The number of benzene rings is 2. The Morgan fingerprint density at radius 3 is 1.44 bits per heavy atom. The summed E-state index contributed by atoms with van der Waals surface area (Å²) in [7, 11) is 0. The zero-order valence-corrected chi connectivity index (χ0v) is 22.5. The Hall–Kier alpha value is -0.620. The average molecular weight is 590 g/mol. The second-order valence-electron chi connectivity index (χ2n) is 6.55. The molecular formula is C25H36I2. The molecule has 0 aliphatic heterocycles. The third kappa shape index (κ3) is 18.5. The minimum atomic E-state index is 0.833. The molecule has 0 fully saturated rings. The number of allylic oxidation sites excluding steroid dienone is 2. The molecule has 0 radical (unpaired) electrons. The van der Waals surface area contributed by atoms with Crippen LogP contribution in [-0.4, -0.2) is 0 Å². The minimum Gasteiger partial charge on any atom is -0.0683 e. The Bertz CT molecular complexity index is 628.